The molecule has 0 saturated carbocycles. The van der Waals surface area contributed by atoms with Crippen LogP contribution < -0.4 is 15.0 Å². The Labute approximate surface area is 151 Å². The zero-order chi connectivity index (χ0) is 18.7. The van der Waals surface area contributed by atoms with E-state index in [1.165, 1.54) is 18.9 Å². The highest BCUT2D eigenvalue weighted by Gasteiger charge is 2.23. The molecule has 1 aromatic heterocycles. The van der Waals surface area contributed by atoms with Crippen molar-refractivity contribution in [2.45, 2.75) is 12.8 Å². The van der Waals surface area contributed by atoms with Crippen LogP contribution in [0.25, 0.3) is 0 Å². The molecule has 1 N–H and O–H groups in total. The van der Waals surface area contributed by atoms with Crippen LogP contribution >= 0.6 is 0 Å². The molecule has 0 bridgehead atoms. The second-order valence-electron chi connectivity index (χ2n) is 6.11. The minimum Gasteiger partial charge on any atom is -0.479 e. The van der Waals surface area contributed by atoms with Gasteiger partial charge in [0.05, 0.1) is 7.11 Å². The van der Waals surface area contributed by atoms with Crippen LogP contribution in [0.2, 0.25) is 0 Å². The number of hydrogen-bond donors (Lipinski definition) is 1. The third kappa shape index (κ3) is 3.55. The largest absolute Gasteiger partial charge is 0.479 e. The fraction of sp³-hybridized carbons (Fsp3) is 0.389. The van der Waals surface area contributed by atoms with Gasteiger partial charge < -0.3 is 19.7 Å². The van der Waals surface area contributed by atoms with Crippen molar-refractivity contribution < 1.29 is 19.1 Å². The summed E-state index contributed by atoms with van der Waals surface area (Å²) in [5, 5.41) is 6.93. The number of amides is 2. The average molecular weight is 358 g/mol. The normalized spacial score (nSPS) is 13.3. The van der Waals surface area contributed by atoms with Crippen LogP contribution in [0, 0.1) is 0 Å². The zero-order valence-corrected chi connectivity index (χ0v) is 15.1. The maximum Gasteiger partial charge on any atom is 0.262 e. The Hall–Kier alpha value is -2.87. The van der Waals surface area contributed by atoms with E-state index in [9.17, 15) is 9.59 Å². The molecule has 0 unspecified atom stereocenters. The van der Waals surface area contributed by atoms with Crippen LogP contribution in [0.3, 0.4) is 0 Å². The summed E-state index contributed by atoms with van der Waals surface area (Å²) in [6, 6.07) is 5.60. The van der Waals surface area contributed by atoms with Crippen molar-refractivity contribution in [2.24, 2.45) is 7.05 Å². The summed E-state index contributed by atoms with van der Waals surface area (Å²) in [5.41, 5.74) is 2.85. The SMILES string of the molecule is COCC(=O)N1CCCc2ccc(NC(=O)c3cn(C)nc3OC)cc21. The molecule has 138 valence electrons. The standard InChI is InChI=1S/C18H22N4O4/c1-21-10-14(18(20-21)26-3)17(24)19-13-7-6-12-5-4-8-22(15(12)9-13)16(23)11-25-2/h6-7,9-10H,4-5,8,11H2,1-3H3,(H,19,24). The van der Waals surface area contributed by atoms with Crippen molar-refractivity contribution in [3.05, 3.63) is 35.5 Å². The van der Waals surface area contributed by atoms with E-state index in [-0.39, 0.29) is 24.3 Å². The Morgan fingerprint density at radius 3 is 2.85 bits per heavy atom. The van der Waals surface area contributed by atoms with Gasteiger partial charge in [0.25, 0.3) is 11.8 Å². The molecule has 0 aliphatic carbocycles. The Bertz CT molecular complexity index is 831. The second kappa shape index (κ2) is 7.57. The van der Waals surface area contributed by atoms with Gasteiger partial charge in [-0.1, -0.05) is 6.07 Å². The number of anilines is 2. The topological polar surface area (TPSA) is 85.7 Å². The van der Waals surface area contributed by atoms with E-state index in [2.05, 4.69) is 10.4 Å². The van der Waals surface area contributed by atoms with Crippen LogP contribution in [-0.2, 0) is 23.0 Å². The first-order valence-corrected chi connectivity index (χ1v) is 8.34. The highest BCUT2D eigenvalue weighted by Crippen LogP contribution is 2.30. The van der Waals surface area contributed by atoms with Crippen LogP contribution in [-0.4, -0.2) is 49.0 Å². The summed E-state index contributed by atoms with van der Waals surface area (Å²) in [7, 11) is 4.69. The predicted octanol–water partition coefficient (Wildman–Crippen LogP) is 1.61. The summed E-state index contributed by atoms with van der Waals surface area (Å²) in [4.78, 5) is 26.5. The number of carbonyl (C=O) groups is 2. The summed E-state index contributed by atoms with van der Waals surface area (Å²) in [6.07, 6.45) is 3.40. The molecule has 8 heteroatoms. The third-order valence-corrected chi connectivity index (χ3v) is 4.26. The molecular formula is C18H22N4O4. The monoisotopic (exact) mass is 358 g/mol. The van der Waals surface area contributed by atoms with Crippen molar-refractivity contribution in [1.29, 1.82) is 0 Å². The van der Waals surface area contributed by atoms with Crippen molar-refractivity contribution >= 4 is 23.2 Å². The minimum atomic E-state index is -0.319. The second-order valence-corrected chi connectivity index (χ2v) is 6.11. The number of fused-ring (bicyclic) bond motifs is 1. The summed E-state index contributed by atoms with van der Waals surface area (Å²) < 4.78 is 11.6. The Balaban J connectivity index is 1.84. The Kier molecular flexibility index (Phi) is 5.22. The first-order valence-electron chi connectivity index (χ1n) is 8.34. The Morgan fingerprint density at radius 1 is 1.31 bits per heavy atom. The van der Waals surface area contributed by atoms with E-state index in [1.807, 2.05) is 18.2 Å². The first-order chi connectivity index (χ1) is 12.5. The molecule has 1 aliphatic rings. The average Bonchev–Trinajstić information content (AvgIpc) is 3.02. The van der Waals surface area contributed by atoms with E-state index in [1.54, 1.807) is 18.1 Å². The number of aromatic nitrogens is 2. The molecule has 26 heavy (non-hydrogen) atoms. The molecule has 0 radical (unpaired) electrons. The Morgan fingerprint density at radius 2 is 2.12 bits per heavy atom. The number of methoxy groups -OCH3 is 2. The van der Waals surface area contributed by atoms with Gasteiger partial charge in [-0.05, 0) is 30.5 Å². The molecule has 1 aromatic carbocycles. The quantitative estimate of drug-likeness (QED) is 0.878. The highest BCUT2D eigenvalue weighted by atomic mass is 16.5. The van der Waals surface area contributed by atoms with Gasteiger partial charge in [0.15, 0.2) is 0 Å². The first kappa shape index (κ1) is 17.9. The molecule has 0 saturated heterocycles. The summed E-state index contributed by atoms with van der Waals surface area (Å²) in [6.45, 7) is 0.673. The van der Waals surface area contributed by atoms with Crippen LogP contribution in [0.1, 0.15) is 22.3 Å². The zero-order valence-electron chi connectivity index (χ0n) is 15.1. The summed E-state index contributed by atoms with van der Waals surface area (Å²) in [5.74, 6) is -0.147. The summed E-state index contributed by atoms with van der Waals surface area (Å²) >= 11 is 0. The number of carbonyl (C=O) groups excluding carboxylic acids is 2. The van der Waals surface area contributed by atoms with Gasteiger partial charge in [-0.25, -0.2) is 0 Å². The molecule has 2 heterocycles. The van der Waals surface area contributed by atoms with Gasteiger partial charge in [-0.3, -0.25) is 14.3 Å². The fourth-order valence-electron chi connectivity index (χ4n) is 3.09. The maximum absolute atomic E-state index is 12.5. The smallest absolute Gasteiger partial charge is 0.262 e. The number of nitrogens with one attached hydrogen (secondary N) is 1. The lowest BCUT2D eigenvalue weighted by Gasteiger charge is -2.29. The van der Waals surface area contributed by atoms with Crippen LogP contribution in [0.15, 0.2) is 24.4 Å². The van der Waals surface area contributed by atoms with E-state index in [0.717, 1.165) is 24.1 Å². The lowest BCUT2D eigenvalue weighted by Crippen LogP contribution is -2.37. The fourth-order valence-corrected chi connectivity index (χ4v) is 3.09. The number of ether oxygens (including phenoxy) is 2. The van der Waals surface area contributed by atoms with Gasteiger partial charge in [0.2, 0.25) is 5.88 Å². The van der Waals surface area contributed by atoms with Crippen LogP contribution in [0.5, 0.6) is 5.88 Å². The lowest BCUT2D eigenvalue weighted by atomic mass is 10.0. The number of nitrogens with zero attached hydrogens (tertiary/aromatic N) is 3. The molecular weight excluding hydrogens is 336 g/mol. The number of benzene rings is 1. The lowest BCUT2D eigenvalue weighted by molar-refractivity contribution is -0.122. The van der Waals surface area contributed by atoms with E-state index < -0.39 is 0 Å². The highest BCUT2D eigenvalue weighted by molar-refractivity contribution is 6.06. The molecule has 2 amide bonds. The molecule has 3 rings (SSSR count). The molecule has 2 aromatic rings. The molecule has 0 spiro atoms. The van der Waals surface area contributed by atoms with Gasteiger partial charge in [-0.2, -0.15) is 0 Å². The van der Waals surface area contributed by atoms with E-state index in [4.69, 9.17) is 9.47 Å². The van der Waals surface area contributed by atoms with Gasteiger partial charge in [0.1, 0.15) is 12.2 Å². The minimum absolute atomic E-state index is 0.0307. The predicted molar refractivity (Wildman–Crippen MR) is 96.7 cm³/mol. The third-order valence-electron chi connectivity index (χ3n) is 4.26. The van der Waals surface area contributed by atoms with E-state index >= 15 is 0 Å². The van der Waals surface area contributed by atoms with Crippen molar-refractivity contribution in [3.63, 3.8) is 0 Å². The number of rotatable bonds is 5. The van der Waals surface area contributed by atoms with Gasteiger partial charge >= 0.3 is 0 Å². The molecule has 1 aliphatic heterocycles. The molecule has 0 fully saturated rings. The maximum atomic E-state index is 12.5. The number of hydrogen-bond acceptors (Lipinski definition) is 5. The van der Waals surface area contributed by atoms with E-state index in [0.29, 0.717) is 17.8 Å². The number of aryl methyl sites for hydroxylation is 2. The molecule has 8 nitrogen and oxygen atoms in total. The van der Waals surface area contributed by atoms with Crippen LogP contribution in [0.4, 0.5) is 11.4 Å². The van der Waals surface area contributed by atoms with Crippen molar-refractivity contribution in [3.8, 4) is 5.88 Å². The van der Waals surface area contributed by atoms with Gasteiger partial charge in [-0.15, -0.1) is 5.10 Å². The van der Waals surface area contributed by atoms with Gasteiger partial charge in [0, 0.05) is 38.3 Å². The van der Waals surface area contributed by atoms with Crippen molar-refractivity contribution in [2.75, 3.05) is 37.6 Å². The molecule has 0 atom stereocenters. The van der Waals surface area contributed by atoms with Crippen molar-refractivity contribution in [1.82, 2.24) is 9.78 Å².